The molecular formula is C10H11ClO3. The highest BCUT2D eigenvalue weighted by molar-refractivity contribution is 6.18. The Balaban J connectivity index is 2.99. The predicted octanol–water partition coefficient (Wildman–Crippen LogP) is 2.13. The van der Waals surface area contributed by atoms with Crippen molar-refractivity contribution in [3.63, 3.8) is 0 Å². The van der Waals surface area contributed by atoms with Crippen LogP contribution in [0.1, 0.15) is 10.4 Å². The highest BCUT2D eigenvalue weighted by Gasteiger charge is 2.08. The maximum absolute atomic E-state index is 10.7. The van der Waals surface area contributed by atoms with Gasteiger partial charge in [0.15, 0.2) is 17.8 Å². The van der Waals surface area contributed by atoms with Crippen molar-refractivity contribution in [2.75, 3.05) is 19.6 Å². The van der Waals surface area contributed by atoms with E-state index in [1.807, 2.05) is 0 Å². The van der Waals surface area contributed by atoms with Gasteiger partial charge in [0.05, 0.1) is 18.6 Å². The van der Waals surface area contributed by atoms with E-state index in [9.17, 15) is 4.79 Å². The number of para-hydroxylation sites is 1. The molecule has 0 bridgehead atoms. The minimum Gasteiger partial charge on any atom is -0.493 e. The Labute approximate surface area is 87.6 Å². The van der Waals surface area contributed by atoms with Gasteiger partial charge in [-0.15, -0.1) is 11.6 Å². The number of hydrogen-bond acceptors (Lipinski definition) is 3. The molecule has 1 aromatic rings. The topological polar surface area (TPSA) is 35.5 Å². The SMILES string of the molecule is COc1cccc(C=O)c1OCCCl. The second kappa shape index (κ2) is 5.50. The van der Waals surface area contributed by atoms with Gasteiger partial charge in [-0.25, -0.2) is 0 Å². The Kier molecular flexibility index (Phi) is 4.26. The zero-order valence-corrected chi connectivity index (χ0v) is 8.58. The number of benzene rings is 1. The Hall–Kier alpha value is -1.22. The maximum atomic E-state index is 10.7. The summed E-state index contributed by atoms with van der Waals surface area (Å²) in [6.45, 7) is 0.350. The Morgan fingerprint density at radius 3 is 2.86 bits per heavy atom. The number of carbonyl (C=O) groups is 1. The number of alkyl halides is 1. The zero-order valence-electron chi connectivity index (χ0n) is 7.83. The normalized spacial score (nSPS) is 9.57. The van der Waals surface area contributed by atoms with Crippen LogP contribution >= 0.6 is 11.6 Å². The van der Waals surface area contributed by atoms with Crippen molar-refractivity contribution < 1.29 is 14.3 Å². The molecule has 1 aromatic carbocycles. The Morgan fingerprint density at radius 1 is 1.50 bits per heavy atom. The first-order chi connectivity index (χ1) is 6.83. The molecule has 4 heteroatoms. The molecule has 0 heterocycles. The molecule has 0 atom stereocenters. The van der Waals surface area contributed by atoms with Crippen LogP contribution in [0.5, 0.6) is 11.5 Å². The molecule has 0 saturated carbocycles. The van der Waals surface area contributed by atoms with Crippen molar-refractivity contribution in [1.29, 1.82) is 0 Å². The zero-order chi connectivity index (χ0) is 10.4. The fraction of sp³-hybridized carbons (Fsp3) is 0.300. The first-order valence-corrected chi connectivity index (χ1v) is 4.68. The van der Waals surface area contributed by atoms with Crippen molar-refractivity contribution >= 4 is 17.9 Å². The van der Waals surface area contributed by atoms with Crippen LogP contribution in [0.2, 0.25) is 0 Å². The second-order valence-corrected chi connectivity index (χ2v) is 2.91. The van der Waals surface area contributed by atoms with Gasteiger partial charge in [-0.1, -0.05) is 6.07 Å². The van der Waals surface area contributed by atoms with E-state index < -0.39 is 0 Å². The van der Waals surface area contributed by atoms with Gasteiger partial charge < -0.3 is 9.47 Å². The molecule has 0 aliphatic rings. The Morgan fingerprint density at radius 2 is 2.29 bits per heavy atom. The average molecular weight is 215 g/mol. The molecule has 0 aliphatic heterocycles. The first kappa shape index (κ1) is 10.9. The fourth-order valence-corrected chi connectivity index (χ4v) is 1.16. The molecule has 0 radical (unpaired) electrons. The fourth-order valence-electron chi connectivity index (χ4n) is 1.08. The smallest absolute Gasteiger partial charge is 0.171 e. The number of hydrogen-bond donors (Lipinski definition) is 0. The van der Waals surface area contributed by atoms with Crippen LogP contribution in [-0.4, -0.2) is 25.9 Å². The van der Waals surface area contributed by atoms with Crippen LogP contribution in [0.3, 0.4) is 0 Å². The third kappa shape index (κ3) is 2.39. The number of ether oxygens (including phenoxy) is 2. The molecule has 0 saturated heterocycles. The van der Waals surface area contributed by atoms with E-state index in [1.165, 1.54) is 7.11 Å². The number of carbonyl (C=O) groups excluding carboxylic acids is 1. The minimum absolute atomic E-state index is 0.350. The van der Waals surface area contributed by atoms with Crippen molar-refractivity contribution in [3.05, 3.63) is 23.8 Å². The number of halogens is 1. The highest BCUT2D eigenvalue weighted by atomic mass is 35.5. The summed E-state index contributed by atoms with van der Waals surface area (Å²) < 4.78 is 10.4. The van der Waals surface area contributed by atoms with E-state index in [-0.39, 0.29) is 0 Å². The van der Waals surface area contributed by atoms with E-state index in [4.69, 9.17) is 21.1 Å². The lowest BCUT2D eigenvalue weighted by Crippen LogP contribution is -2.02. The lowest BCUT2D eigenvalue weighted by molar-refractivity contribution is 0.111. The molecule has 14 heavy (non-hydrogen) atoms. The van der Waals surface area contributed by atoms with Crippen LogP contribution in [0.4, 0.5) is 0 Å². The lowest BCUT2D eigenvalue weighted by Gasteiger charge is -2.10. The molecule has 1 rings (SSSR count). The van der Waals surface area contributed by atoms with Crippen LogP contribution in [0.15, 0.2) is 18.2 Å². The Bertz CT molecular complexity index is 312. The van der Waals surface area contributed by atoms with Crippen molar-refractivity contribution in [2.45, 2.75) is 0 Å². The standard InChI is InChI=1S/C10H11ClO3/c1-13-9-4-2-3-8(7-12)10(9)14-6-5-11/h2-4,7H,5-6H2,1H3. The summed E-state index contributed by atoms with van der Waals surface area (Å²) in [4.78, 5) is 10.7. The molecule has 0 aliphatic carbocycles. The molecule has 0 fully saturated rings. The maximum Gasteiger partial charge on any atom is 0.171 e. The molecule has 0 N–H and O–H groups in total. The molecule has 76 valence electrons. The van der Waals surface area contributed by atoms with Gasteiger partial charge in [0, 0.05) is 0 Å². The molecule has 3 nitrogen and oxygen atoms in total. The number of rotatable bonds is 5. The van der Waals surface area contributed by atoms with Gasteiger partial charge in [-0.05, 0) is 12.1 Å². The van der Waals surface area contributed by atoms with Gasteiger partial charge in [0.2, 0.25) is 0 Å². The van der Waals surface area contributed by atoms with Crippen molar-refractivity contribution in [3.8, 4) is 11.5 Å². The summed E-state index contributed by atoms with van der Waals surface area (Å²) in [5.74, 6) is 1.36. The monoisotopic (exact) mass is 214 g/mol. The van der Waals surface area contributed by atoms with Gasteiger partial charge in [0.25, 0.3) is 0 Å². The van der Waals surface area contributed by atoms with Crippen molar-refractivity contribution in [2.24, 2.45) is 0 Å². The van der Waals surface area contributed by atoms with E-state index >= 15 is 0 Å². The van der Waals surface area contributed by atoms with E-state index in [2.05, 4.69) is 0 Å². The molecule has 0 amide bonds. The van der Waals surface area contributed by atoms with Gasteiger partial charge >= 0.3 is 0 Å². The van der Waals surface area contributed by atoms with Gasteiger partial charge in [-0.3, -0.25) is 4.79 Å². The first-order valence-electron chi connectivity index (χ1n) is 4.14. The predicted molar refractivity (Wildman–Crippen MR) is 54.6 cm³/mol. The van der Waals surface area contributed by atoms with Crippen LogP contribution in [-0.2, 0) is 0 Å². The highest BCUT2D eigenvalue weighted by Crippen LogP contribution is 2.29. The minimum atomic E-state index is 0.350. The third-order valence-electron chi connectivity index (χ3n) is 1.68. The molecule has 0 unspecified atom stereocenters. The number of aldehydes is 1. The number of methoxy groups -OCH3 is 1. The van der Waals surface area contributed by atoms with Crippen LogP contribution in [0.25, 0.3) is 0 Å². The summed E-state index contributed by atoms with van der Waals surface area (Å²) in [5.41, 5.74) is 0.467. The summed E-state index contributed by atoms with van der Waals surface area (Å²) in [6, 6.07) is 5.13. The average Bonchev–Trinajstić information content (AvgIpc) is 2.25. The molecule has 0 aromatic heterocycles. The molecular weight excluding hydrogens is 204 g/mol. The summed E-state index contributed by atoms with van der Waals surface area (Å²) >= 11 is 5.49. The second-order valence-electron chi connectivity index (χ2n) is 2.53. The van der Waals surface area contributed by atoms with Gasteiger partial charge in [-0.2, -0.15) is 0 Å². The summed E-state index contributed by atoms with van der Waals surface area (Å²) in [6.07, 6.45) is 0.728. The quantitative estimate of drug-likeness (QED) is 0.557. The van der Waals surface area contributed by atoms with Crippen LogP contribution < -0.4 is 9.47 Å². The van der Waals surface area contributed by atoms with E-state index in [0.717, 1.165) is 6.29 Å². The van der Waals surface area contributed by atoms with E-state index in [0.29, 0.717) is 29.5 Å². The van der Waals surface area contributed by atoms with Crippen LogP contribution in [0, 0.1) is 0 Å². The third-order valence-corrected chi connectivity index (χ3v) is 1.83. The lowest BCUT2D eigenvalue weighted by atomic mass is 10.2. The largest absolute Gasteiger partial charge is 0.493 e. The van der Waals surface area contributed by atoms with Gasteiger partial charge in [0.1, 0.15) is 6.61 Å². The van der Waals surface area contributed by atoms with E-state index in [1.54, 1.807) is 18.2 Å². The molecule has 0 spiro atoms. The van der Waals surface area contributed by atoms with Crippen molar-refractivity contribution in [1.82, 2.24) is 0 Å². The summed E-state index contributed by atoms with van der Waals surface area (Å²) in [5, 5.41) is 0. The summed E-state index contributed by atoms with van der Waals surface area (Å²) in [7, 11) is 1.53.